The normalized spacial score (nSPS) is 11.4. The molecular weight excluding hydrogens is 296 g/mol. The van der Waals surface area contributed by atoms with E-state index >= 15 is 0 Å². The van der Waals surface area contributed by atoms with E-state index in [1.807, 2.05) is 43.8 Å². The van der Waals surface area contributed by atoms with Crippen LogP contribution in [-0.2, 0) is 0 Å². The number of hydrogen-bond acceptors (Lipinski definition) is 6. The number of nitrogens with one attached hydrogen (secondary N) is 1. The molecule has 6 nitrogen and oxygen atoms in total. The third kappa shape index (κ3) is 2.01. The van der Waals surface area contributed by atoms with Gasteiger partial charge in [0.2, 0.25) is 0 Å². The van der Waals surface area contributed by atoms with Crippen LogP contribution >= 0.6 is 11.3 Å². The van der Waals surface area contributed by atoms with Gasteiger partial charge in [0.25, 0.3) is 0 Å². The lowest BCUT2D eigenvalue weighted by Crippen LogP contribution is -1.93. The summed E-state index contributed by atoms with van der Waals surface area (Å²) < 4.78 is 3.10. The fourth-order valence-corrected chi connectivity index (χ4v) is 3.33. The summed E-state index contributed by atoms with van der Waals surface area (Å²) in [5.74, 6) is 0. The second-order valence-electron chi connectivity index (χ2n) is 5.13. The van der Waals surface area contributed by atoms with Gasteiger partial charge in [-0.05, 0) is 19.9 Å². The standard InChI is InChI=1S/C15H14N6S/c1-8-6-21-7-12(19-14(21)9(2)18-8)10-4-13-11(5-17-10)20-15(16-3)22-13/h4-7H,1-3H3,(H,16,20). The van der Waals surface area contributed by atoms with Gasteiger partial charge in [-0.15, -0.1) is 0 Å². The van der Waals surface area contributed by atoms with E-state index in [1.165, 1.54) is 0 Å². The zero-order valence-electron chi connectivity index (χ0n) is 12.5. The molecule has 0 saturated heterocycles. The molecule has 0 aromatic carbocycles. The Morgan fingerprint density at radius 1 is 1.09 bits per heavy atom. The molecule has 0 spiro atoms. The highest BCUT2D eigenvalue weighted by atomic mass is 32.1. The first-order chi connectivity index (χ1) is 10.6. The Hall–Kier alpha value is -2.54. The molecule has 110 valence electrons. The molecule has 7 heteroatoms. The Morgan fingerprint density at radius 2 is 1.95 bits per heavy atom. The molecule has 4 aromatic heterocycles. The first kappa shape index (κ1) is 13.1. The van der Waals surface area contributed by atoms with Gasteiger partial charge in [-0.1, -0.05) is 11.3 Å². The Bertz CT molecular complexity index is 1000. The maximum atomic E-state index is 4.66. The summed E-state index contributed by atoms with van der Waals surface area (Å²) in [6, 6.07) is 2.03. The van der Waals surface area contributed by atoms with E-state index in [9.17, 15) is 0 Å². The minimum Gasteiger partial charge on any atom is -0.365 e. The number of fused-ring (bicyclic) bond motifs is 2. The largest absolute Gasteiger partial charge is 0.365 e. The van der Waals surface area contributed by atoms with Crippen LogP contribution in [-0.4, -0.2) is 31.4 Å². The summed E-state index contributed by atoms with van der Waals surface area (Å²) in [6.07, 6.45) is 5.76. The summed E-state index contributed by atoms with van der Waals surface area (Å²) in [6.45, 7) is 3.95. The van der Waals surface area contributed by atoms with Gasteiger partial charge in [0.05, 0.1) is 28.0 Å². The van der Waals surface area contributed by atoms with Crippen molar-refractivity contribution in [1.29, 1.82) is 0 Å². The lowest BCUT2D eigenvalue weighted by Gasteiger charge is -1.98. The third-order valence-electron chi connectivity index (χ3n) is 3.48. The van der Waals surface area contributed by atoms with E-state index in [0.717, 1.165) is 43.8 Å². The molecule has 0 bridgehead atoms. The number of hydrogen-bond donors (Lipinski definition) is 1. The average Bonchev–Trinajstić information content (AvgIpc) is 3.09. The Kier molecular flexibility index (Phi) is 2.83. The van der Waals surface area contributed by atoms with E-state index < -0.39 is 0 Å². The SMILES string of the molecule is CNc1nc2cnc(-c3cn4cc(C)nc(C)c4n3)cc2s1. The molecule has 0 saturated carbocycles. The fraction of sp³-hybridized carbons (Fsp3) is 0.200. The molecule has 0 atom stereocenters. The minimum absolute atomic E-state index is 0.844. The summed E-state index contributed by atoms with van der Waals surface area (Å²) in [5.41, 5.74) is 5.34. The smallest absolute Gasteiger partial charge is 0.183 e. The van der Waals surface area contributed by atoms with Gasteiger partial charge in [-0.3, -0.25) is 9.97 Å². The second kappa shape index (κ2) is 4.74. The molecule has 0 aliphatic carbocycles. The number of aryl methyl sites for hydroxylation is 2. The van der Waals surface area contributed by atoms with Crippen LogP contribution in [0.15, 0.2) is 24.7 Å². The predicted octanol–water partition coefficient (Wildman–Crippen LogP) is 3.06. The Morgan fingerprint density at radius 3 is 2.77 bits per heavy atom. The molecule has 4 heterocycles. The highest BCUT2D eigenvalue weighted by Gasteiger charge is 2.11. The van der Waals surface area contributed by atoms with Crippen LogP contribution in [0.1, 0.15) is 11.4 Å². The van der Waals surface area contributed by atoms with E-state index in [2.05, 4.69) is 25.3 Å². The Balaban J connectivity index is 1.88. The highest BCUT2D eigenvalue weighted by Crippen LogP contribution is 2.28. The maximum absolute atomic E-state index is 4.66. The van der Waals surface area contributed by atoms with Crippen LogP contribution in [0.2, 0.25) is 0 Å². The van der Waals surface area contributed by atoms with E-state index in [1.54, 1.807) is 17.5 Å². The van der Waals surface area contributed by atoms with Crippen molar-refractivity contribution < 1.29 is 0 Å². The van der Waals surface area contributed by atoms with Gasteiger partial charge in [-0.2, -0.15) is 0 Å². The molecule has 0 aliphatic heterocycles. The topological polar surface area (TPSA) is 68.0 Å². The molecule has 4 rings (SSSR count). The van der Waals surface area contributed by atoms with Crippen molar-refractivity contribution in [2.75, 3.05) is 12.4 Å². The molecule has 22 heavy (non-hydrogen) atoms. The predicted molar refractivity (Wildman–Crippen MR) is 88.4 cm³/mol. The van der Waals surface area contributed by atoms with Crippen LogP contribution in [0.4, 0.5) is 5.13 Å². The number of anilines is 1. The zero-order chi connectivity index (χ0) is 15.3. The van der Waals surface area contributed by atoms with Crippen LogP contribution in [0.25, 0.3) is 27.3 Å². The summed E-state index contributed by atoms with van der Waals surface area (Å²) >= 11 is 1.61. The average molecular weight is 310 g/mol. The highest BCUT2D eigenvalue weighted by molar-refractivity contribution is 7.22. The number of aromatic nitrogens is 5. The van der Waals surface area contributed by atoms with E-state index in [4.69, 9.17) is 0 Å². The third-order valence-corrected chi connectivity index (χ3v) is 4.51. The van der Waals surface area contributed by atoms with Crippen molar-refractivity contribution in [3.8, 4) is 11.4 Å². The second-order valence-corrected chi connectivity index (χ2v) is 6.16. The van der Waals surface area contributed by atoms with Crippen LogP contribution in [0.5, 0.6) is 0 Å². The molecular formula is C15H14N6S. The molecule has 0 amide bonds. The molecule has 0 fully saturated rings. The lowest BCUT2D eigenvalue weighted by molar-refractivity contribution is 1.03. The number of thiazole rings is 1. The molecule has 0 unspecified atom stereocenters. The first-order valence-corrected chi connectivity index (χ1v) is 7.73. The molecule has 4 aromatic rings. The Labute approximate surface area is 130 Å². The fourth-order valence-electron chi connectivity index (χ4n) is 2.51. The lowest BCUT2D eigenvalue weighted by atomic mass is 10.3. The van der Waals surface area contributed by atoms with Crippen LogP contribution in [0.3, 0.4) is 0 Å². The monoisotopic (exact) mass is 310 g/mol. The number of nitrogens with zero attached hydrogens (tertiary/aromatic N) is 5. The number of imidazole rings is 1. The van der Waals surface area contributed by atoms with Crippen molar-refractivity contribution in [1.82, 2.24) is 24.3 Å². The van der Waals surface area contributed by atoms with Crippen molar-refractivity contribution in [3.63, 3.8) is 0 Å². The molecule has 0 aliphatic rings. The minimum atomic E-state index is 0.844. The number of rotatable bonds is 2. The zero-order valence-corrected chi connectivity index (χ0v) is 13.3. The van der Waals surface area contributed by atoms with Crippen molar-refractivity contribution in [2.45, 2.75) is 13.8 Å². The van der Waals surface area contributed by atoms with Crippen LogP contribution in [0, 0.1) is 13.8 Å². The number of pyridine rings is 1. The van der Waals surface area contributed by atoms with Crippen molar-refractivity contribution >= 4 is 32.3 Å². The maximum Gasteiger partial charge on any atom is 0.183 e. The van der Waals surface area contributed by atoms with Gasteiger partial charge in [0.15, 0.2) is 10.8 Å². The summed E-state index contributed by atoms with van der Waals surface area (Å²) in [4.78, 5) is 18.1. The van der Waals surface area contributed by atoms with E-state index in [-0.39, 0.29) is 0 Å². The van der Waals surface area contributed by atoms with Crippen LogP contribution < -0.4 is 5.32 Å². The van der Waals surface area contributed by atoms with Gasteiger partial charge in [-0.25, -0.2) is 9.97 Å². The van der Waals surface area contributed by atoms with Crippen molar-refractivity contribution in [3.05, 3.63) is 36.0 Å². The molecule has 0 radical (unpaired) electrons. The van der Waals surface area contributed by atoms with Gasteiger partial charge in [0.1, 0.15) is 11.2 Å². The van der Waals surface area contributed by atoms with Gasteiger partial charge < -0.3 is 9.72 Å². The molecule has 1 N–H and O–H groups in total. The van der Waals surface area contributed by atoms with Gasteiger partial charge in [0, 0.05) is 19.4 Å². The first-order valence-electron chi connectivity index (χ1n) is 6.92. The summed E-state index contributed by atoms with van der Waals surface area (Å²) in [5, 5.41) is 3.95. The van der Waals surface area contributed by atoms with Crippen molar-refractivity contribution in [2.24, 2.45) is 0 Å². The van der Waals surface area contributed by atoms with E-state index in [0.29, 0.717) is 0 Å². The quantitative estimate of drug-likeness (QED) is 0.616. The van der Waals surface area contributed by atoms with Gasteiger partial charge >= 0.3 is 0 Å². The summed E-state index contributed by atoms with van der Waals surface area (Å²) in [7, 11) is 1.87.